The van der Waals surface area contributed by atoms with Crippen molar-refractivity contribution < 1.29 is 19.1 Å². The molecule has 0 spiro atoms. The van der Waals surface area contributed by atoms with Crippen molar-refractivity contribution >= 4 is 34.7 Å². The number of nitrogens with one attached hydrogen (secondary N) is 2. The lowest BCUT2D eigenvalue weighted by molar-refractivity contribution is -0.131. The number of carboxylic acid groups (broad SMARTS) is 1. The summed E-state index contributed by atoms with van der Waals surface area (Å²) in [5, 5.41) is 11.2. The lowest BCUT2D eigenvalue weighted by Crippen LogP contribution is -2.12. The van der Waals surface area contributed by atoms with E-state index in [4.69, 9.17) is 5.11 Å². The van der Waals surface area contributed by atoms with E-state index in [1.165, 1.54) is 18.5 Å². The number of benzene rings is 2. The van der Waals surface area contributed by atoms with Crippen LogP contribution in [0.3, 0.4) is 0 Å². The van der Waals surface area contributed by atoms with Gasteiger partial charge in [-0.15, -0.1) is 0 Å². The van der Waals surface area contributed by atoms with E-state index in [1.54, 1.807) is 24.3 Å². The zero-order chi connectivity index (χ0) is 17.1. The van der Waals surface area contributed by atoms with Gasteiger partial charge in [0.05, 0.1) is 17.4 Å². The number of hydrogen-bond donors (Lipinski definition) is 3. The van der Waals surface area contributed by atoms with E-state index in [9.17, 15) is 14.0 Å². The zero-order valence-electron chi connectivity index (χ0n) is 12.3. The van der Waals surface area contributed by atoms with Crippen LogP contribution < -0.4 is 5.32 Å². The van der Waals surface area contributed by atoms with Crippen LogP contribution in [0, 0.1) is 5.82 Å². The van der Waals surface area contributed by atoms with Crippen molar-refractivity contribution in [2.75, 3.05) is 5.32 Å². The molecule has 3 aromatic rings. The molecule has 0 aliphatic rings. The number of carboxylic acids is 1. The van der Waals surface area contributed by atoms with E-state index in [0.717, 1.165) is 12.1 Å². The van der Waals surface area contributed by atoms with E-state index in [2.05, 4.69) is 15.3 Å². The quantitative estimate of drug-likeness (QED) is 0.643. The van der Waals surface area contributed by atoms with Crippen LogP contribution in [0.2, 0.25) is 0 Å². The highest BCUT2D eigenvalue weighted by Gasteiger charge is 2.14. The van der Waals surface area contributed by atoms with Gasteiger partial charge in [-0.25, -0.2) is 14.2 Å². The molecule has 0 radical (unpaired) electrons. The maximum atomic E-state index is 13.6. The van der Waals surface area contributed by atoms with Gasteiger partial charge in [-0.2, -0.15) is 0 Å². The van der Waals surface area contributed by atoms with Crippen molar-refractivity contribution in [3.8, 4) is 0 Å². The Bertz CT molecular complexity index is 945. The fourth-order valence-corrected chi connectivity index (χ4v) is 2.23. The normalized spacial score (nSPS) is 11.0. The van der Waals surface area contributed by atoms with Gasteiger partial charge in [0.25, 0.3) is 5.91 Å². The second-order valence-corrected chi connectivity index (χ2v) is 5.00. The molecular formula is C17H12FN3O3. The minimum atomic E-state index is -1.04. The molecule has 24 heavy (non-hydrogen) atoms. The van der Waals surface area contributed by atoms with Gasteiger partial charge in [0.15, 0.2) is 0 Å². The number of carbonyl (C=O) groups excluding carboxylic acids is 1. The number of aromatic amines is 1. The molecule has 1 amide bonds. The van der Waals surface area contributed by atoms with Gasteiger partial charge in [-0.1, -0.05) is 12.1 Å². The number of anilines is 1. The fourth-order valence-electron chi connectivity index (χ4n) is 2.23. The first-order valence-electron chi connectivity index (χ1n) is 6.98. The zero-order valence-corrected chi connectivity index (χ0v) is 12.3. The van der Waals surface area contributed by atoms with Crippen LogP contribution in [0.15, 0.2) is 48.8 Å². The Hall–Kier alpha value is -3.48. The Kier molecular flexibility index (Phi) is 4.07. The maximum Gasteiger partial charge on any atom is 0.328 e. The largest absolute Gasteiger partial charge is 0.478 e. The Morgan fingerprint density at radius 3 is 2.67 bits per heavy atom. The number of rotatable bonds is 4. The predicted molar refractivity (Wildman–Crippen MR) is 87.1 cm³/mol. The number of carbonyl (C=O) groups is 2. The molecule has 0 unspecified atom stereocenters. The van der Waals surface area contributed by atoms with Gasteiger partial charge in [-0.3, -0.25) is 4.79 Å². The summed E-state index contributed by atoms with van der Waals surface area (Å²) in [5.41, 5.74) is 2.13. The van der Waals surface area contributed by atoms with Gasteiger partial charge < -0.3 is 15.4 Å². The third-order valence-electron chi connectivity index (χ3n) is 3.32. The number of halogens is 1. The monoisotopic (exact) mass is 325 g/mol. The summed E-state index contributed by atoms with van der Waals surface area (Å²) in [6.45, 7) is 0. The van der Waals surface area contributed by atoms with Crippen LogP contribution in [-0.4, -0.2) is 27.0 Å². The molecule has 0 fully saturated rings. The van der Waals surface area contributed by atoms with Crippen molar-refractivity contribution in [3.63, 3.8) is 0 Å². The van der Waals surface area contributed by atoms with Crippen LogP contribution in [0.4, 0.5) is 10.1 Å². The molecule has 0 atom stereocenters. The Labute approximate surface area is 135 Å². The number of aliphatic carboxylic acids is 1. The average Bonchev–Trinajstić information content (AvgIpc) is 3.01. The highest BCUT2D eigenvalue weighted by atomic mass is 19.1. The van der Waals surface area contributed by atoms with Crippen LogP contribution >= 0.6 is 0 Å². The molecule has 0 saturated carbocycles. The van der Waals surface area contributed by atoms with Crippen LogP contribution in [0.5, 0.6) is 0 Å². The highest BCUT2D eigenvalue weighted by molar-refractivity contribution is 6.11. The van der Waals surface area contributed by atoms with Crippen LogP contribution in [0.1, 0.15) is 15.9 Å². The molecule has 0 aliphatic heterocycles. The molecule has 6 nitrogen and oxygen atoms in total. The van der Waals surface area contributed by atoms with Gasteiger partial charge in [0, 0.05) is 11.8 Å². The summed E-state index contributed by atoms with van der Waals surface area (Å²) in [6.07, 6.45) is 3.85. The second kappa shape index (κ2) is 6.33. The summed E-state index contributed by atoms with van der Waals surface area (Å²) in [4.78, 5) is 29.6. The van der Waals surface area contributed by atoms with E-state index < -0.39 is 17.7 Å². The van der Waals surface area contributed by atoms with E-state index in [-0.39, 0.29) is 5.56 Å². The third kappa shape index (κ3) is 3.30. The summed E-state index contributed by atoms with van der Waals surface area (Å²) in [6, 6.07) is 8.96. The Morgan fingerprint density at radius 2 is 1.96 bits per heavy atom. The first kappa shape index (κ1) is 15.4. The number of aromatic nitrogens is 2. The number of hydrogen-bond acceptors (Lipinski definition) is 3. The van der Waals surface area contributed by atoms with Crippen molar-refractivity contribution in [3.05, 3.63) is 65.7 Å². The Morgan fingerprint density at radius 1 is 1.21 bits per heavy atom. The summed E-state index contributed by atoms with van der Waals surface area (Å²) in [7, 11) is 0. The summed E-state index contributed by atoms with van der Waals surface area (Å²) in [5.74, 6) is -2.06. The van der Waals surface area contributed by atoms with Gasteiger partial charge >= 0.3 is 5.97 Å². The Balaban J connectivity index is 1.81. The standard InChI is InChI=1S/C17H12FN3O3/c18-11-7-13(16-14(8-11)19-9-20-16)17(24)21-12-4-1-10(2-5-12)3-6-15(22)23/h1-9H,(H,19,20)(H,21,24)(H,22,23)/b6-3+. The molecular weight excluding hydrogens is 313 g/mol. The topological polar surface area (TPSA) is 95.1 Å². The molecule has 0 saturated heterocycles. The summed E-state index contributed by atoms with van der Waals surface area (Å²) >= 11 is 0. The van der Waals surface area contributed by atoms with Crippen molar-refractivity contribution in [2.45, 2.75) is 0 Å². The predicted octanol–water partition coefficient (Wildman–Crippen LogP) is 3.05. The smallest absolute Gasteiger partial charge is 0.328 e. The first-order valence-corrected chi connectivity index (χ1v) is 6.98. The summed E-state index contributed by atoms with van der Waals surface area (Å²) < 4.78 is 13.6. The second-order valence-electron chi connectivity index (χ2n) is 5.00. The molecule has 1 heterocycles. The maximum absolute atomic E-state index is 13.6. The lowest BCUT2D eigenvalue weighted by Gasteiger charge is -2.06. The number of amides is 1. The van der Waals surface area contributed by atoms with Crippen molar-refractivity contribution in [1.29, 1.82) is 0 Å². The molecule has 3 N–H and O–H groups in total. The van der Waals surface area contributed by atoms with Gasteiger partial charge in [-0.05, 0) is 35.9 Å². The third-order valence-corrected chi connectivity index (χ3v) is 3.32. The minimum absolute atomic E-state index is 0.126. The molecule has 120 valence electrons. The molecule has 1 aromatic heterocycles. The van der Waals surface area contributed by atoms with Crippen molar-refractivity contribution in [2.24, 2.45) is 0 Å². The number of imidazole rings is 1. The molecule has 7 heteroatoms. The van der Waals surface area contributed by atoms with Gasteiger partial charge in [0.2, 0.25) is 0 Å². The average molecular weight is 325 g/mol. The number of H-pyrrole nitrogens is 1. The van der Waals surface area contributed by atoms with E-state index in [0.29, 0.717) is 22.3 Å². The fraction of sp³-hybridized carbons (Fsp3) is 0. The SMILES string of the molecule is O=C(O)/C=C/c1ccc(NC(=O)c2cc(F)cc3[nH]cnc23)cc1. The molecule has 0 bridgehead atoms. The lowest BCUT2D eigenvalue weighted by atomic mass is 10.1. The molecule has 3 rings (SSSR count). The van der Waals surface area contributed by atoms with Gasteiger partial charge in [0.1, 0.15) is 11.3 Å². The van der Waals surface area contributed by atoms with Crippen LogP contribution in [-0.2, 0) is 4.79 Å². The molecule has 2 aromatic carbocycles. The highest BCUT2D eigenvalue weighted by Crippen LogP contribution is 2.19. The van der Waals surface area contributed by atoms with E-state index >= 15 is 0 Å². The van der Waals surface area contributed by atoms with Crippen molar-refractivity contribution in [1.82, 2.24) is 9.97 Å². The molecule has 0 aliphatic carbocycles. The minimum Gasteiger partial charge on any atom is -0.478 e. The number of nitrogens with zero attached hydrogens (tertiary/aromatic N) is 1. The van der Waals surface area contributed by atoms with Crippen LogP contribution in [0.25, 0.3) is 17.1 Å². The first-order chi connectivity index (χ1) is 11.5. The number of fused-ring (bicyclic) bond motifs is 1. The van der Waals surface area contributed by atoms with E-state index in [1.807, 2.05) is 0 Å².